The fourth-order valence-electron chi connectivity index (χ4n) is 6.20. The molecule has 4 aromatic rings. The molecule has 2 aliphatic rings. The summed E-state index contributed by atoms with van der Waals surface area (Å²) in [5.41, 5.74) is 12.7. The summed E-state index contributed by atoms with van der Waals surface area (Å²) >= 11 is 0. The molecule has 0 bridgehead atoms. The highest BCUT2D eigenvalue weighted by molar-refractivity contribution is 5.98. The zero-order valence-corrected chi connectivity index (χ0v) is 22.8. The molecule has 7 heteroatoms. The number of fused-ring (bicyclic) bond motifs is 1. The van der Waals surface area contributed by atoms with Crippen LogP contribution in [0, 0.1) is 12.3 Å². The Labute approximate surface area is 234 Å². The highest BCUT2D eigenvalue weighted by atomic mass is 16.2. The molecule has 6 rings (SSSR count). The second-order valence-corrected chi connectivity index (χ2v) is 11.1. The fourth-order valence-corrected chi connectivity index (χ4v) is 6.20. The van der Waals surface area contributed by atoms with Crippen LogP contribution in [0.15, 0.2) is 79.4 Å². The van der Waals surface area contributed by atoms with Gasteiger partial charge in [-0.2, -0.15) is 0 Å². The van der Waals surface area contributed by atoms with Gasteiger partial charge in [0.2, 0.25) is 5.91 Å². The molecule has 0 atom stereocenters. The van der Waals surface area contributed by atoms with Crippen LogP contribution in [0.2, 0.25) is 0 Å². The van der Waals surface area contributed by atoms with E-state index in [1.165, 1.54) is 11.6 Å². The van der Waals surface area contributed by atoms with E-state index >= 15 is 0 Å². The van der Waals surface area contributed by atoms with Gasteiger partial charge in [-0.1, -0.05) is 61.2 Å². The number of carbonyl (C=O) groups is 2. The molecular weight excluding hydrogens is 498 g/mol. The predicted molar refractivity (Wildman–Crippen MR) is 157 cm³/mol. The maximum atomic E-state index is 11.9. The van der Waals surface area contributed by atoms with E-state index in [1.807, 2.05) is 30.0 Å². The van der Waals surface area contributed by atoms with Crippen molar-refractivity contribution in [2.45, 2.75) is 26.3 Å². The summed E-state index contributed by atoms with van der Waals surface area (Å²) < 4.78 is 0. The number of nitrogens with two attached hydrogens (primary N) is 1. The Morgan fingerprint density at radius 1 is 0.975 bits per heavy atom. The first kappa shape index (κ1) is 25.9. The number of carbonyl (C=O) groups excluding carboxylic acids is 2. The monoisotopic (exact) mass is 531 g/mol. The Balaban J connectivity index is 1.23. The van der Waals surface area contributed by atoms with Gasteiger partial charge in [-0.3, -0.25) is 14.5 Å². The first-order valence-corrected chi connectivity index (χ1v) is 13.7. The maximum Gasteiger partial charge on any atom is 0.267 e. The number of rotatable bonds is 6. The van der Waals surface area contributed by atoms with Crippen molar-refractivity contribution in [1.82, 2.24) is 19.8 Å². The summed E-state index contributed by atoms with van der Waals surface area (Å²) in [6.45, 7) is 10.2. The zero-order valence-electron chi connectivity index (χ0n) is 22.8. The van der Waals surface area contributed by atoms with Crippen LogP contribution in [0.25, 0.3) is 33.3 Å². The van der Waals surface area contributed by atoms with E-state index in [0.29, 0.717) is 10.9 Å². The van der Waals surface area contributed by atoms with Crippen molar-refractivity contribution < 1.29 is 9.59 Å². The van der Waals surface area contributed by atoms with E-state index in [2.05, 4.69) is 58.9 Å². The van der Waals surface area contributed by atoms with E-state index in [0.717, 1.165) is 79.0 Å². The van der Waals surface area contributed by atoms with Crippen LogP contribution < -0.4 is 5.73 Å². The van der Waals surface area contributed by atoms with Crippen molar-refractivity contribution in [3.05, 3.63) is 96.3 Å². The first-order chi connectivity index (χ1) is 19.3. The predicted octanol–water partition coefficient (Wildman–Crippen LogP) is 4.98. The average molecular weight is 532 g/mol. The minimum absolute atomic E-state index is 0.0440. The van der Waals surface area contributed by atoms with Crippen LogP contribution in [-0.4, -0.2) is 57.8 Å². The molecular formula is C33H33N5O2. The Morgan fingerprint density at radius 2 is 1.68 bits per heavy atom. The Bertz CT molecular complexity index is 1600. The quantitative estimate of drug-likeness (QED) is 0.354. The number of aryl methyl sites for hydroxylation is 1. The Kier molecular flexibility index (Phi) is 6.68. The van der Waals surface area contributed by atoms with Gasteiger partial charge in [0.1, 0.15) is 5.69 Å². The van der Waals surface area contributed by atoms with Gasteiger partial charge in [-0.25, -0.2) is 9.97 Å². The van der Waals surface area contributed by atoms with Gasteiger partial charge < -0.3 is 10.6 Å². The van der Waals surface area contributed by atoms with E-state index < -0.39 is 5.91 Å². The topological polar surface area (TPSA) is 92.4 Å². The molecule has 1 spiro atoms. The van der Waals surface area contributed by atoms with Crippen molar-refractivity contribution >= 4 is 22.7 Å². The smallest absolute Gasteiger partial charge is 0.267 e. The number of hydrogen-bond donors (Lipinski definition) is 1. The molecule has 7 nitrogen and oxygen atoms in total. The molecule has 4 heterocycles. The summed E-state index contributed by atoms with van der Waals surface area (Å²) in [5, 5.41) is 0.899. The number of likely N-dealkylation sites (tertiary alicyclic amines) is 2. The molecule has 2 N–H and O–H groups in total. The molecule has 0 unspecified atom stereocenters. The summed E-state index contributed by atoms with van der Waals surface area (Å²) in [4.78, 5) is 37.6. The molecule has 2 aromatic heterocycles. The summed E-state index contributed by atoms with van der Waals surface area (Å²) in [6, 6.07) is 22.6. The molecule has 2 saturated heterocycles. The molecule has 0 radical (unpaired) electrons. The van der Waals surface area contributed by atoms with Gasteiger partial charge in [0.05, 0.1) is 11.2 Å². The molecule has 2 aliphatic heterocycles. The summed E-state index contributed by atoms with van der Waals surface area (Å²) in [7, 11) is 0. The van der Waals surface area contributed by atoms with Crippen LogP contribution in [0.1, 0.15) is 34.6 Å². The molecule has 40 heavy (non-hydrogen) atoms. The number of benzene rings is 2. The van der Waals surface area contributed by atoms with Gasteiger partial charge >= 0.3 is 0 Å². The number of nitrogens with zero attached hydrogens (tertiary/aromatic N) is 4. The molecule has 2 fully saturated rings. The van der Waals surface area contributed by atoms with E-state index in [9.17, 15) is 9.59 Å². The third kappa shape index (κ3) is 4.89. The second-order valence-electron chi connectivity index (χ2n) is 11.1. The number of amides is 2. The largest absolute Gasteiger partial charge is 0.364 e. The van der Waals surface area contributed by atoms with Crippen LogP contribution in [-0.2, 0) is 11.3 Å². The van der Waals surface area contributed by atoms with Crippen LogP contribution in [0.5, 0.6) is 0 Å². The van der Waals surface area contributed by atoms with Crippen molar-refractivity contribution in [3.63, 3.8) is 0 Å². The molecule has 0 aliphatic carbocycles. The number of primary amides is 1. The third-order valence-corrected chi connectivity index (χ3v) is 8.40. The van der Waals surface area contributed by atoms with Crippen molar-refractivity contribution in [2.75, 3.05) is 26.2 Å². The van der Waals surface area contributed by atoms with Crippen LogP contribution in [0.3, 0.4) is 0 Å². The standard InChI is InChI=1S/C33H33N5O2/c1-3-30(39)38-15-13-33(14-16-38)20-37(21-33)19-23-9-11-25(12-10-23)31-27(24-7-5-4-6-8-24)17-26-22(2)35-29(32(34)40)18-28(26)36-31/h3-12,17-18H,1,13-16,19-21H2,2H3,(H2,34,40). The highest BCUT2D eigenvalue weighted by Crippen LogP contribution is 2.41. The molecule has 2 amide bonds. The minimum atomic E-state index is -0.562. The van der Waals surface area contributed by atoms with Gasteiger partial charge in [0.25, 0.3) is 5.91 Å². The molecule has 0 saturated carbocycles. The first-order valence-electron chi connectivity index (χ1n) is 13.7. The number of aromatic nitrogens is 2. The lowest BCUT2D eigenvalue weighted by Crippen LogP contribution is -2.60. The lowest BCUT2D eigenvalue weighted by molar-refractivity contribution is -0.131. The molecule has 202 valence electrons. The number of piperidine rings is 1. The summed E-state index contributed by atoms with van der Waals surface area (Å²) in [5.74, 6) is -0.518. The number of hydrogen-bond acceptors (Lipinski definition) is 5. The van der Waals surface area contributed by atoms with Crippen LogP contribution >= 0.6 is 0 Å². The van der Waals surface area contributed by atoms with E-state index in [4.69, 9.17) is 10.7 Å². The summed E-state index contributed by atoms with van der Waals surface area (Å²) in [6.07, 6.45) is 3.54. The Hall–Kier alpha value is -4.36. The van der Waals surface area contributed by atoms with Gasteiger partial charge in [0.15, 0.2) is 0 Å². The lowest BCUT2D eigenvalue weighted by Gasteiger charge is -2.54. The van der Waals surface area contributed by atoms with Crippen molar-refractivity contribution in [2.24, 2.45) is 11.1 Å². The molecule has 2 aromatic carbocycles. The van der Waals surface area contributed by atoms with Crippen molar-refractivity contribution in [1.29, 1.82) is 0 Å². The van der Waals surface area contributed by atoms with E-state index in [1.54, 1.807) is 6.07 Å². The average Bonchev–Trinajstić information content (AvgIpc) is 2.96. The third-order valence-electron chi connectivity index (χ3n) is 8.40. The minimum Gasteiger partial charge on any atom is -0.364 e. The highest BCUT2D eigenvalue weighted by Gasteiger charge is 2.44. The van der Waals surface area contributed by atoms with Gasteiger partial charge in [-0.05, 0) is 54.5 Å². The van der Waals surface area contributed by atoms with E-state index in [-0.39, 0.29) is 11.6 Å². The van der Waals surface area contributed by atoms with Crippen LogP contribution in [0.4, 0.5) is 0 Å². The fraction of sp³-hybridized carbons (Fsp3) is 0.273. The van der Waals surface area contributed by atoms with Gasteiger partial charge in [0, 0.05) is 54.9 Å². The zero-order chi connectivity index (χ0) is 27.9. The SMILES string of the molecule is C=CC(=O)N1CCC2(CC1)CN(Cc1ccc(-c3nc4cc(C(N)=O)nc(C)c4cc3-c3ccccc3)cc1)C2. The second kappa shape index (κ2) is 10.3. The number of pyridine rings is 2. The maximum absolute atomic E-state index is 11.9. The van der Waals surface area contributed by atoms with Gasteiger partial charge in [-0.15, -0.1) is 0 Å². The lowest BCUT2D eigenvalue weighted by atomic mass is 9.72. The Morgan fingerprint density at radius 3 is 2.33 bits per heavy atom. The normalized spacial score (nSPS) is 16.6. The van der Waals surface area contributed by atoms with Crippen molar-refractivity contribution in [3.8, 4) is 22.4 Å².